The Morgan fingerprint density at radius 2 is 2.10 bits per heavy atom. The highest BCUT2D eigenvalue weighted by atomic mass is 35.5. The number of sulfonamides is 1. The fourth-order valence-electron chi connectivity index (χ4n) is 1.92. The highest BCUT2D eigenvalue weighted by Gasteiger charge is 2.22. The number of benzene rings is 1. The lowest BCUT2D eigenvalue weighted by molar-refractivity contribution is 0.557. The largest absolute Gasteiger partial charge is 0.326 e. The molecule has 0 spiro atoms. The summed E-state index contributed by atoms with van der Waals surface area (Å²) in [5, 5.41) is 0.384. The Balaban J connectivity index is 3.18. The van der Waals surface area contributed by atoms with E-state index < -0.39 is 10.0 Å². The van der Waals surface area contributed by atoms with Crippen LogP contribution in [0.15, 0.2) is 17.0 Å². The molecule has 1 atom stereocenters. The molecular weight excluding hydrogens is 316 g/mol. The quantitative estimate of drug-likeness (QED) is 0.802. The zero-order valence-corrected chi connectivity index (χ0v) is 14.3. The maximum atomic E-state index is 12.5. The first-order valence-corrected chi connectivity index (χ1v) is 9.61. The van der Waals surface area contributed by atoms with Crippen molar-refractivity contribution < 1.29 is 8.42 Å². The van der Waals surface area contributed by atoms with Gasteiger partial charge in [0.15, 0.2) is 0 Å². The van der Waals surface area contributed by atoms with E-state index >= 15 is 0 Å². The third-order valence-electron chi connectivity index (χ3n) is 3.12. The van der Waals surface area contributed by atoms with E-state index in [-0.39, 0.29) is 17.5 Å². The number of halogens is 1. The van der Waals surface area contributed by atoms with Gasteiger partial charge in [-0.3, -0.25) is 0 Å². The molecule has 0 aliphatic rings. The predicted molar refractivity (Wildman–Crippen MR) is 86.9 cm³/mol. The van der Waals surface area contributed by atoms with Crippen molar-refractivity contribution in [3.05, 3.63) is 28.3 Å². The van der Waals surface area contributed by atoms with Crippen LogP contribution in [0.5, 0.6) is 0 Å². The lowest BCUT2D eigenvalue weighted by Gasteiger charge is -2.18. The summed E-state index contributed by atoms with van der Waals surface area (Å²) < 4.78 is 27.7. The molecule has 0 aliphatic carbocycles. The third kappa shape index (κ3) is 4.36. The summed E-state index contributed by atoms with van der Waals surface area (Å²) >= 11 is 7.60. The number of hydrogen-bond acceptors (Lipinski definition) is 4. The van der Waals surface area contributed by atoms with E-state index in [4.69, 9.17) is 17.3 Å². The molecule has 1 aromatic rings. The average Bonchev–Trinajstić information content (AvgIpc) is 2.40. The molecule has 1 rings (SSSR count). The van der Waals surface area contributed by atoms with Gasteiger partial charge in [0, 0.05) is 23.4 Å². The van der Waals surface area contributed by atoms with E-state index in [0.29, 0.717) is 10.6 Å². The van der Waals surface area contributed by atoms with Crippen molar-refractivity contribution in [2.45, 2.75) is 37.8 Å². The van der Waals surface area contributed by atoms with Crippen LogP contribution < -0.4 is 10.5 Å². The van der Waals surface area contributed by atoms with Gasteiger partial charge in [-0.25, -0.2) is 13.1 Å². The molecule has 0 heterocycles. The Kier molecular flexibility index (Phi) is 6.81. The Morgan fingerprint density at radius 3 is 2.60 bits per heavy atom. The molecule has 0 fully saturated rings. The minimum absolute atomic E-state index is 0.0882. The monoisotopic (exact) mass is 336 g/mol. The number of hydrogen-bond donors (Lipinski definition) is 2. The molecule has 1 aromatic carbocycles. The van der Waals surface area contributed by atoms with Crippen LogP contribution in [-0.4, -0.2) is 26.5 Å². The van der Waals surface area contributed by atoms with Gasteiger partial charge < -0.3 is 5.73 Å². The zero-order valence-electron chi connectivity index (χ0n) is 11.9. The second-order valence-corrected chi connectivity index (χ2v) is 7.60. The number of nitrogens with one attached hydrogen (secondary N) is 1. The molecule has 0 aliphatic heterocycles. The van der Waals surface area contributed by atoms with E-state index in [9.17, 15) is 8.42 Å². The van der Waals surface area contributed by atoms with Crippen LogP contribution in [0.1, 0.15) is 24.5 Å². The van der Waals surface area contributed by atoms with Gasteiger partial charge >= 0.3 is 0 Å². The van der Waals surface area contributed by atoms with Crippen LogP contribution in [0, 0.1) is 6.92 Å². The minimum atomic E-state index is -3.58. The lowest BCUT2D eigenvalue weighted by Crippen LogP contribution is -2.36. The maximum Gasteiger partial charge on any atom is 0.241 e. The topological polar surface area (TPSA) is 72.2 Å². The van der Waals surface area contributed by atoms with Crippen LogP contribution in [0.25, 0.3) is 0 Å². The fourth-order valence-corrected chi connectivity index (χ4v) is 4.68. The SMILES string of the molecule is CCC(CSC)NS(=O)(=O)c1cc(Cl)cc(CN)c1C. The van der Waals surface area contributed by atoms with Crippen molar-refractivity contribution in [3.63, 3.8) is 0 Å². The molecule has 0 radical (unpaired) electrons. The van der Waals surface area contributed by atoms with Crippen LogP contribution in [0.3, 0.4) is 0 Å². The van der Waals surface area contributed by atoms with Crippen LogP contribution in [0.2, 0.25) is 5.02 Å². The van der Waals surface area contributed by atoms with Crippen molar-refractivity contribution in [1.29, 1.82) is 0 Å². The van der Waals surface area contributed by atoms with E-state index in [1.807, 2.05) is 13.2 Å². The summed E-state index contributed by atoms with van der Waals surface area (Å²) in [5.41, 5.74) is 7.03. The van der Waals surface area contributed by atoms with E-state index in [2.05, 4.69) is 4.72 Å². The first-order valence-electron chi connectivity index (χ1n) is 6.36. The minimum Gasteiger partial charge on any atom is -0.326 e. The van der Waals surface area contributed by atoms with Gasteiger partial charge in [0.1, 0.15) is 0 Å². The van der Waals surface area contributed by atoms with Crippen LogP contribution in [0.4, 0.5) is 0 Å². The molecule has 3 N–H and O–H groups in total. The van der Waals surface area contributed by atoms with Gasteiger partial charge in [0.25, 0.3) is 0 Å². The normalized spacial score (nSPS) is 13.4. The van der Waals surface area contributed by atoms with Gasteiger partial charge in [0.2, 0.25) is 10.0 Å². The van der Waals surface area contributed by atoms with Gasteiger partial charge in [0.05, 0.1) is 4.90 Å². The number of thioether (sulfide) groups is 1. The van der Waals surface area contributed by atoms with Gasteiger partial charge in [-0.15, -0.1) is 0 Å². The van der Waals surface area contributed by atoms with Gasteiger partial charge in [-0.05, 0) is 42.9 Å². The molecule has 0 aromatic heterocycles. The number of rotatable bonds is 7. The Bertz CT molecular complexity index is 562. The summed E-state index contributed by atoms with van der Waals surface area (Å²) in [6, 6.07) is 3.09. The summed E-state index contributed by atoms with van der Waals surface area (Å²) in [6.45, 7) is 3.97. The number of nitrogens with two attached hydrogens (primary N) is 1. The van der Waals surface area contributed by atoms with Crippen molar-refractivity contribution in [3.8, 4) is 0 Å². The summed E-state index contributed by atoms with van der Waals surface area (Å²) in [4.78, 5) is 0.213. The molecule has 114 valence electrons. The van der Waals surface area contributed by atoms with Gasteiger partial charge in [-0.1, -0.05) is 18.5 Å². The summed E-state index contributed by atoms with van der Waals surface area (Å²) in [5.74, 6) is 0.735. The van der Waals surface area contributed by atoms with Crippen molar-refractivity contribution >= 4 is 33.4 Å². The van der Waals surface area contributed by atoms with E-state index in [1.165, 1.54) is 6.07 Å². The van der Waals surface area contributed by atoms with Crippen molar-refractivity contribution in [2.24, 2.45) is 5.73 Å². The fraction of sp³-hybridized carbons (Fsp3) is 0.538. The first-order chi connectivity index (χ1) is 9.35. The average molecular weight is 337 g/mol. The zero-order chi connectivity index (χ0) is 15.3. The third-order valence-corrected chi connectivity index (χ3v) is 5.72. The van der Waals surface area contributed by atoms with Crippen LogP contribution in [-0.2, 0) is 16.6 Å². The molecule has 1 unspecified atom stereocenters. The molecule has 0 bridgehead atoms. The molecule has 20 heavy (non-hydrogen) atoms. The predicted octanol–water partition coefficient (Wildman–Crippen LogP) is 2.53. The molecule has 4 nitrogen and oxygen atoms in total. The molecule has 7 heteroatoms. The molecule has 0 saturated heterocycles. The second-order valence-electron chi connectivity index (χ2n) is 4.57. The Hall–Kier alpha value is -0.270. The summed E-state index contributed by atoms with van der Waals surface area (Å²) in [6.07, 6.45) is 2.69. The molecular formula is C13H21ClN2O2S2. The molecule has 0 amide bonds. The first kappa shape index (κ1) is 17.8. The van der Waals surface area contributed by atoms with E-state index in [0.717, 1.165) is 17.7 Å². The molecule has 0 saturated carbocycles. The van der Waals surface area contributed by atoms with Gasteiger partial charge in [-0.2, -0.15) is 11.8 Å². The van der Waals surface area contributed by atoms with Crippen molar-refractivity contribution in [2.75, 3.05) is 12.0 Å². The van der Waals surface area contributed by atoms with Crippen LogP contribution >= 0.6 is 23.4 Å². The lowest BCUT2D eigenvalue weighted by atomic mass is 10.1. The summed E-state index contributed by atoms with van der Waals surface area (Å²) in [7, 11) is -3.58. The Labute approximate surface area is 130 Å². The maximum absolute atomic E-state index is 12.5. The standard InChI is InChI=1S/C13H21ClN2O2S2/c1-4-12(8-19-3)16-20(17,18)13-6-11(14)5-10(7-15)9(13)2/h5-6,12,16H,4,7-8,15H2,1-3H3. The highest BCUT2D eigenvalue weighted by Crippen LogP contribution is 2.24. The van der Waals surface area contributed by atoms with E-state index in [1.54, 1.807) is 24.8 Å². The second kappa shape index (κ2) is 7.66. The van der Waals surface area contributed by atoms with Crippen molar-refractivity contribution in [1.82, 2.24) is 4.72 Å². The Morgan fingerprint density at radius 1 is 1.45 bits per heavy atom. The smallest absolute Gasteiger partial charge is 0.241 e. The highest BCUT2D eigenvalue weighted by molar-refractivity contribution is 7.98.